The second kappa shape index (κ2) is 9.15. The van der Waals surface area contributed by atoms with Crippen molar-refractivity contribution in [2.24, 2.45) is 0 Å². The lowest BCUT2D eigenvalue weighted by molar-refractivity contribution is -0.116. The number of nitrogens with one attached hydrogen (secondary N) is 1. The third-order valence-corrected chi connectivity index (χ3v) is 4.22. The van der Waals surface area contributed by atoms with Gasteiger partial charge in [0.15, 0.2) is 11.5 Å². The first-order chi connectivity index (χ1) is 12.5. The number of hydrogen-bond donors (Lipinski definition) is 1. The molecule has 2 aromatic carbocycles. The third-order valence-electron chi connectivity index (χ3n) is 3.81. The van der Waals surface area contributed by atoms with Crippen LogP contribution in [0.1, 0.15) is 16.7 Å². The maximum absolute atomic E-state index is 12.1. The van der Waals surface area contributed by atoms with E-state index in [0.717, 1.165) is 16.7 Å². The molecular weight excluding hydrogens is 354 g/mol. The molecule has 2 rings (SSSR count). The maximum Gasteiger partial charge on any atom is 0.244 e. The molecule has 0 aliphatic rings. The largest absolute Gasteiger partial charge is 0.493 e. The molecule has 0 fully saturated rings. The lowest BCUT2D eigenvalue weighted by Gasteiger charge is -2.14. The average Bonchev–Trinajstić information content (AvgIpc) is 2.66. The molecule has 0 atom stereocenters. The van der Waals surface area contributed by atoms with Crippen molar-refractivity contribution in [1.82, 2.24) is 5.32 Å². The predicted octanol–water partition coefficient (Wildman–Crippen LogP) is 4.00. The molecule has 0 heterocycles. The first-order valence-electron chi connectivity index (χ1n) is 7.99. The van der Waals surface area contributed by atoms with Crippen LogP contribution >= 0.6 is 11.6 Å². The molecule has 5 nitrogen and oxygen atoms in total. The van der Waals surface area contributed by atoms with Crippen LogP contribution in [0.2, 0.25) is 5.02 Å². The molecule has 0 spiro atoms. The second-order valence-electron chi connectivity index (χ2n) is 5.59. The van der Waals surface area contributed by atoms with Crippen LogP contribution in [0.3, 0.4) is 0 Å². The Morgan fingerprint density at radius 1 is 1.08 bits per heavy atom. The summed E-state index contributed by atoms with van der Waals surface area (Å²) >= 11 is 6.08. The molecule has 1 amide bonds. The van der Waals surface area contributed by atoms with E-state index in [-0.39, 0.29) is 5.91 Å². The van der Waals surface area contributed by atoms with Crippen LogP contribution in [0, 0.1) is 6.92 Å². The van der Waals surface area contributed by atoms with Crippen LogP contribution < -0.4 is 19.5 Å². The monoisotopic (exact) mass is 375 g/mol. The van der Waals surface area contributed by atoms with Gasteiger partial charge >= 0.3 is 0 Å². The Balaban J connectivity index is 2.04. The van der Waals surface area contributed by atoms with Gasteiger partial charge in [-0.25, -0.2) is 0 Å². The zero-order valence-electron chi connectivity index (χ0n) is 15.3. The number of rotatable bonds is 7. The fourth-order valence-corrected chi connectivity index (χ4v) is 2.56. The van der Waals surface area contributed by atoms with E-state index in [1.807, 2.05) is 25.1 Å². The maximum atomic E-state index is 12.1. The van der Waals surface area contributed by atoms with Gasteiger partial charge in [0.1, 0.15) is 0 Å². The number of hydrogen-bond acceptors (Lipinski definition) is 4. The summed E-state index contributed by atoms with van der Waals surface area (Å²) in [7, 11) is 4.65. The van der Waals surface area contributed by atoms with Crippen molar-refractivity contribution in [3.8, 4) is 17.2 Å². The minimum absolute atomic E-state index is 0.213. The molecule has 0 saturated carbocycles. The molecule has 0 bridgehead atoms. The molecule has 0 radical (unpaired) electrons. The van der Waals surface area contributed by atoms with E-state index in [1.165, 1.54) is 6.08 Å². The zero-order chi connectivity index (χ0) is 19.1. The van der Waals surface area contributed by atoms with Gasteiger partial charge < -0.3 is 19.5 Å². The van der Waals surface area contributed by atoms with Crippen LogP contribution in [-0.4, -0.2) is 27.2 Å². The molecule has 138 valence electrons. The number of carbonyl (C=O) groups excluding carboxylic acids is 1. The van der Waals surface area contributed by atoms with Crippen molar-refractivity contribution in [2.75, 3.05) is 21.3 Å². The highest BCUT2D eigenvalue weighted by atomic mass is 35.5. The van der Waals surface area contributed by atoms with E-state index in [9.17, 15) is 4.79 Å². The number of benzene rings is 2. The van der Waals surface area contributed by atoms with Crippen LogP contribution in [-0.2, 0) is 11.3 Å². The summed E-state index contributed by atoms with van der Waals surface area (Å²) in [5.41, 5.74) is 2.69. The lowest BCUT2D eigenvalue weighted by Crippen LogP contribution is -2.20. The summed E-state index contributed by atoms with van der Waals surface area (Å²) in [6.45, 7) is 2.26. The van der Waals surface area contributed by atoms with E-state index in [1.54, 1.807) is 39.5 Å². The van der Waals surface area contributed by atoms with E-state index in [2.05, 4.69) is 5.32 Å². The molecule has 2 aromatic rings. The van der Waals surface area contributed by atoms with Gasteiger partial charge in [-0.1, -0.05) is 23.7 Å². The fourth-order valence-electron chi connectivity index (χ4n) is 2.37. The molecule has 0 aliphatic heterocycles. The number of methoxy groups -OCH3 is 3. The Bertz CT molecular complexity index is 792. The Labute approximate surface area is 158 Å². The summed E-state index contributed by atoms with van der Waals surface area (Å²) < 4.78 is 15.9. The summed E-state index contributed by atoms with van der Waals surface area (Å²) in [5, 5.41) is 3.50. The minimum atomic E-state index is -0.213. The summed E-state index contributed by atoms with van der Waals surface area (Å²) in [5.74, 6) is 1.39. The highest BCUT2D eigenvalue weighted by molar-refractivity contribution is 6.31. The fraction of sp³-hybridized carbons (Fsp3) is 0.250. The minimum Gasteiger partial charge on any atom is -0.493 e. The van der Waals surface area contributed by atoms with Crippen LogP contribution in [0.4, 0.5) is 0 Å². The summed E-state index contributed by atoms with van der Waals surface area (Å²) in [4.78, 5) is 12.1. The normalized spacial score (nSPS) is 10.7. The predicted molar refractivity (Wildman–Crippen MR) is 103 cm³/mol. The van der Waals surface area contributed by atoms with Crippen LogP contribution in [0.5, 0.6) is 17.2 Å². The van der Waals surface area contributed by atoms with Crippen LogP contribution in [0.15, 0.2) is 36.4 Å². The first kappa shape index (κ1) is 19.7. The van der Waals surface area contributed by atoms with Gasteiger partial charge in [-0.2, -0.15) is 0 Å². The highest BCUT2D eigenvalue weighted by Gasteiger charge is 2.13. The molecule has 26 heavy (non-hydrogen) atoms. The summed E-state index contributed by atoms with van der Waals surface area (Å²) in [6, 6.07) is 9.23. The highest BCUT2D eigenvalue weighted by Crippen LogP contribution is 2.38. The average molecular weight is 376 g/mol. The van der Waals surface area contributed by atoms with E-state index >= 15 is 0 Å². The zero-order valence-corrected chi connectivity index (χ0v) is 16.0. The molecule has 0 aliphatic carbocycles. The third kappa shape index (κ3) is 4.92. The Morgan fingerprint density at radius 2 is 1.73 bits per heavy atom. The second-order valence-corrected chi connectivity index (χ2v) is 6.00. The molecule has 6 heteroatoms. The lowest BCUT2D eigenvalue weighted by atomic mass is 10.1. The quantitative estimate of drug-likeness (QED) is 0.743. The molecule has 0 saturated heterocycles. The van der Waals surface area contributed by atoms with Gasteiger partial charge in [0, 0.05) is 17.6 Å². The Hall–Kier alpha value is -2.66. The van der Waals surface area contributed by atoms with Gasteiger partial charge in [0.2, 0.25) is 11.7 Å². The molecular formula is C20H22ClNO4. The topological polar surface area (TPSA) is 56.8 Å². The Morgan fingerprint density at radius 3 is 2.27 bits per heavy atom. The molecule has 0 aromatic heterocycles. The van der Waals surface area contributed by atoms with Gasteiger partial charge in [0.25, 0.3) is 0 Å². The standard InChI is InChI=1S/C20H22ClNO4/c1-13-5-6-14(9-16(13)21)7-8-19(23)22-12-15-10-17(24-2)20(26-4)18(11-15)25-3/h5-11H,12H2,1-4H3,(H,22,23)/b8-7+. The van der Waals surface area contributed by atoms with Crippen molar-refractivity contribution in [3.05, 3.63) is 58.1 Å². The number of amides is 1. The van der Waals surface area contributed by atoms with Crippen LogP contribution in [0.25, 0.3) is 6.08 Å². The number of ether oxygens (including phenoxy) is 3. The molecule has 0 unspecified atom stereocenters. The van der Waals surface area contributed by atoms with E-state index in [0.29, 0.717) is 28.8 Å². The summed E-state index contributed by atoms with van der Waals surface area (Å²) in [6.07, 6.45) is 3.19. The van der Waals surface area contributed by atoms with Gasteiger partial charge in [-0.05, 0) is 47.9 Å². The van der Waals surface area contributed by atoms with E-state index in [4.69, 9.17) is 25.8 Å². The first-order valence-corrected chi connectivity index (χ1v) is 8.37. The van der Waals surface area contributed by atoms with Crippen molar-refractivity contribution in [2.45, 2.75) is 13.5 Å². The Kier molecular flexibility index (Phi) is 6.92. The van der Waals surface area contributed by atoms with Crippen molar-refractivity contribution in [3.63, 3.8) is 0 Å². The number of carbonyl (C=O) groups is 1. The van der Waals surface area contributed by atoms with Crippen molar-refractivity contribution in [1.29, 1.82) is 0 Å². The van der Waals surface area contributed by atoms with Crippen molar-refractivity contribution < 1.29 is 19.0 Å². The number of aryl methyl sites for hydroxylation is 1. The number of halogens is 1. The molecule has 1 N–H and O–H groups in total. The van der Waals surface area contributed by atoms with Gasteiger partial charge in [0.05, 0.1) is 21.3 Å². The SMILES string of the molecule is COc1cc(CNC(=O)/C=C/c2ccc(C)c(Cl)c2)cc(OC)c1OC. The smallest absolute Gasteiger partial charge is 0.244 e. The van der Waals surface area contributed by atoms with Crippen molar-refractivity contribution >= 4 is 23.6 Å². The van der Waals surface area contributed by atoms with Gasteiger partial charge in [-0.15, -0.1) is 0 Å². The van der Waals surface area contributed by atoms with Gasteiger partial charge in [-0.3, -0.25) is 4.79 Å². The van der Waals surface area contributed by atoms with E-state index < -0.39 is 0 Å².